The van der Waals surface area contributed by atoms with E-state index >= 15 is 0 Å². The Morgan fingerprint density at radius 1 is 1.38 bits per heavy atom. The molecule has 0 saturated carbocycles. The summed E-state index contributed by atoms with van der Waals surface area (Å²) in [6.45, 7) is 6.37. The first-order valence-corrected chi connectivity index (χ1v) is 8.78. The van der Waals surface area contributed by atoms with Gasteiger partial charge in [-0.2, -0.15) is 0 Å². The van der Waals surface area contributed by atoms with E-state index in [-0.39, 0.29) is 11.8 Å². The smallest absolute Gasteiger partial charge is 0.275 e. The van der Waals surface area contributed by atoms with E-state index in [0.717, 1.165) is 30.2 Å². The lowest BCUT2D eigenvalue weighted by molar-refractivity contribution is 0.0737. The normalized spacial score (nSPS) is 14.4. The molecule has 2 aromatic heterocycles. The minimum atomic E-state index is -0.193. The first-order chi connectivity index (χ1) is 11.6. The number of nitrogens with zero attached hydrogens (tertiary/aromatic N) is 5. The fourth-order valence-corrected chi connectivity index (χ4v) is 3.05. The highest BCUT2D eigenvalue weighted by Gasteiger charge is 2.26. The van der Waals surface area contributed by atoms with Crippen LogP contribution in [-0.4, -0.2) is 48.9 Å². The van der Waals surface area contributed by atoms with Gasteiger partial charge in [0.05, 0.1) is 18.6 Å². The molecule has 0 unspecified atom stereocenters. The van der Waals surface area contributed by atoms with Crippen molar-refractivity contribution in [2.75, 3.05) is 13.1 Å². The van der Waals surface area contributed by atoms with Crippen LogP contribution in [0.1, 0.15) is 46.9 Å². The average molecular weight is 348 g/mol. The maximum Gasteiger partial charge on any atom is 0.275 e. The van der Waals surface area contributed by atoms with Gasteiger partial charge in [0.1, 0.15) is 0 Å². The molecule has 1 aliphatic heterocycles. The molecule has 0 aromatic carbocycles. The minimum Gasteiger partial charge on any atom is -0.350 e. The molecule has 0 atom stereocenters. The van der Waals surface area contributed by atoms with E-state index in [0.29, 0.717) is 36.9 Å². The van der Waals surface area contributed by atoms with E-state index in [9.17, 15) is 9.59 Å². The Labute approximate surface area is 144 Å². The molecule has 8 nitrogen and oxygen atoms in total. The molecule has 2 amide bonds. The molecule has 1 aliphatic rings. The number of amides is 2. The summed E-state index contributed by atoms with van der Waals surface area (Å²) in [4.78, 5) is 30.9. The van der Waals surface area contributed by atoms with Crippen molar-refractivity contribution in [2.45, 2.75) is 33.4 Å². The third-order valence-electron chi connectivity index (χ3n) is 3.87. The van der Waals surface area contributed by atoms with Crippen molar-refractivity contribution in [3.05, 3.63) is 28.8 Å². The van der Waals surface area contributed by atoms with Crippen LogP contribution in [0.25, 0.3) is 0 Å². The highest BCUT2D eigenvalue weighted by Crippen LogP contribution is 2.18. The molecule has 24 heavy (non-hydrogen) atoms. The molecule has 3 rings (SSSR count). The van der Waals surface area contributed by atoms with Crippen LogP contribution in [0.5, 0.6) is 0 Å². The predicted molar refractivity (Wildman–Crippen MR) is 88.7 cm³/mol. The maximum absolute atomic E-state index is 12.5. The molecule has 2 aromatic rings. The largest absolute Gasteiger partial charge is 0.350 e. The van der Waals surface area contributed by atoms with Crippen LogP contribution in [0, 0.1) is 5.92 Å². The Balaban J connectivity index is 1.80. The Bertz CT molecular complexity index is 724. The van der Waals surface area contributed by atoms with E-state index in [1.807, 2.05) is 18.4 Å². The molecule has 0 fully saturated rings. The third-order valence-corrected chi connectivity index (χ3v) is 4.37. The Morgan fingerprint density at radius 2 is 2.21 bits per heavy atom. The molecule has 0 bridgehead atoms. The Morgan fingerprint density at radius 3 is 2.92 bits per heavy atom. The zero-order valence-electron chi connectivity index (χ0n) is 13.7. The summed E-state index contributed by atoms with van der Waals surface area (Å²) in [5, 5.41) is 8.37. The minimum absolute atomic E-state index is 0.160. The fourth-order valence-electron chi connectivity index (χ4n) is 2.62. The van der Waals surface area contributed by atoms with Crippen LogP contribution in [0.2, 0.25) is 0 Å². The summed E-state index contributed by atoms with van der Waals surface area (Å²) in [6, 6.07) is 0. The molecule has 1 N–H and O–H groups in total. The summed E-state index contributed by atoms with van der Waals surface area (Å²) in [7, 11) is 0. The Hall–Kier alpha value is -2.29. The average Bonchev–Trinajstić information content (AvgIpc) is 3.17. The topological polar surface area (TPSA) is 93.0 Å². The summed E-state index contributed by atoms with van der Waals surface area (Å²) in [5.74, 6) is 0.0134. The van der Waals surface area contributed by atoms with Gasteiger partial charge < -0.3 is 14.8 Å². The van der Waals surface area contributed by atoms with E-state index in [4.69, 9.17) is 0 Å². The molecule has 0 saturated heterocycles. The molecule has 0 radical (unpaired) electrons. The number of aromatic nitrogens is 4. The van der Waals surface area contributed by atoms with E-state index in [1.165, 1.54) is 0 Å². The van der Waals surface area contributed by atoms with Gasteiger partial charge in [-0.1, -0.05) is 18.3 Å². The standard InChI is InChI=1S/C15H20N6O2S/c1-10(2)6-16-14(22)13-12-7-20(4-3-5-21(12)9-17-13)15(23)11-8-24-19-18-11/h8-10H,3-7H2,1-2H3,(H,16,22). The van der Waals surface area contributed by atoms with Crippen molar-refractivity contribution in [1.29, 1.82) is 0 Å². The van der Waals surface area contributed by atoms with E-state index in [2.05, 4.69) is 19.9 Å². The van der Waals surface area contributed by atoms with Gasteiger partial charge >= 0.3 is 0 Å². The zero-order valence-corrected chi connectivity index (χ0v) is 14.5. The number of carbonyl (C=O) groups is 2. The summed E-state index contributed by atoms with van der Waals surface area (Å²) >= 11 is 1.15. The van der Waals surface area contributed by atoms with Crippen LogP contribution >= 0.6 is 11.5 Å². The van der Waals surface area contributed by atoms with Gasteiger partial charge in [-0.3, -0.25) is 9.59 Å². The number of rotatable bonds is 4. The van der Waals surface area contributed by atoms with Crippen molar-refractivity contribution in [3.8, 4) is 0 Å². The lowest BCUT2D eigenvalue weighted by Gasteiger charge is -2.19. The van der Waals surface area contributed by atoms with Crippen molar-refractivity contribution in [1.82, 2.24) is 29.4 Å². The number of aryl methyl sites for hydroxylation is 1. The highest BCUT2D eigenvalue weighted by atomic mass is 32.1. The Kier molecular flexibility index (Phi) is 4.89. The second-order valence-corrected chi connectivity index (χ2v) is 6.82. The second kappa shape index (κ2) is 7.08. The van der Waals surface area contributed by atoms with E-state index < -0.39 is 0 Å². The van der Waals surface area contributed by atoms with E-state index in [1.54, 1.807) is 16.6 Å². The lowest BCUT2D eigenvalue weighted by atomic mass is 10.2. The number of hydrogen-bond donors (Lipinski definition) is 1. The number of hydrogen-bond acceptors (Lipinski definition) is 6. The van der Waals surface area contributed by atoms with Gasteiger partial charge in [0.2, 0.25) is 0 Å². The summed E-state index contributed by atoms with van der Waals surface area (Å²) in [6.07, 6.45) is 2.48. The van der Waals surface area contributed by atoms with Gasteiger partial charge in [-0.05, 0) is 23.9 Å². The fraction of sp³-hybridized carbons (Fsp3) is 0.533. The molecular formula is C15H20N6O2S. The van der Waals surface area contributed by atoms with Crippen LogP contribution in [0.4, 0.5) is 0 Å². The molecule has 3 heterocycles. The number of imidazole rings is 1. The van der Waals surface area contributed by atoms with Crippen LogP contribution in [0.15, 0.2) is 11.7 Å². The van der Waals surface area contributed by atoms with Gasteiger partial charge in [0.25, 0.3) is 11.8 Å². The van der Waals surface area contributed by atoms with Crippen LogP contribution < -0.4 is 5.32 Å². The number of fused-ring (bicyclic) bond motifs is 1. The van der Waals surface area contributed by atoms with Crippen molar-refractivity contribution in [3.63, 3.8) is 0 Å². The SMILES string of the molecule is CC(C)CNC(=O)c1ncn2c1CN(C(=O)c1csnn1)CCC2. The third kappa shape index (κ3) is 3.45. The molecule has 9 heteroatoms. The number of nitrogens with one attached hydrogen (secondary N) is 1. The predicted octanol–water partition coefficient (Wildman–Crippen LogP) is 1.17. The first-order valence-electron chi connectivity index (χ1n) is 7.94. The highest BCUT2D eigenvalue weighted by molar-refractivity contribution is 7.03. The number of carbonyl (C=O) groups excluding carboxylic acids is 2. The maximum atomic E-state index is 12.5. The van der Waals surface area contributed by atoms with Crippen LogP contribution in [0.3, 0.4) is 0 Å². The van der Waals surface area contributed by atoms with Crippen molar-refractivity contribution >= 4 is 23.3 Å². The second-order valence-electron chi connectivity index (χ2n) is 6.21. The lowest BCUT2D eigenvalue weighted by Crippen LogP contribution is -2.33. The monoisotopic (exact) mass is 348 g/mol. The van der Waals surface area contributed by atoms with Gasteiger partial charge in [-0.25, -0.2) is 4.98 Å². The summed E-state index contributed by atoms with van der Waals surface area (Å²) in [5.41, 5.74) is 1.51. The summed E-state index contributed by atoms with van der Waals surface area (Å²) < 4.78 is 5.70. The molecule has 0 spiro atoms. The van der Waals surface area contributed by atoms with Gasteiger partial charge in [0, 0.05) is 25.0 Å². The first kappa shape index (κ1) is 16.6. The van der Waals surface area contributed by atoms with Crippen molar-refractivity contribution in [2.24, 2.45) is 5.92 Å². The van der Waals surface area contributed by atoms with Crippen molar-refractivity contribution < 1.29 is 9.59 Å². The quantitative estimate of drug-likeness (QED) is 0.895. The van der Waals surface area contributed by atoms with Gasteiger partial charge in [0.15, 0.2) is 11.4 Å². The molecule has 128 valence electrons. The molecule has 0 aliphatic carbocycles. The van der Waals surface area contributed by atoms with Gasteiger partial charge in [-0.15, -0.1) is 5.10 Å². The van der Waals surface area contributed by atoms with Crippen LogP contribution in [-0.2, 0) is 13.1 Å². The zero-order chi connectivity index (χ0) is 17.1. The molecular weight excluding hydrogens is 328 g/mol.